The third kappa shape index (κ3) is 3.44. The molecule has 0 atom stereocenters. The van der Waals surface area contributed by atoms with Crippen molar-refractivity contribution in [2.45, 2.75) is 24.3 Å². The molecule has 0 saturated carbocycles. The van der Waals surface area contributed by atoms with Crippen LogP contribution in [0.4, 0.5) is 14.5 Å². The van der Waals surface area contributed by atoms with E-state index in [1.54, 1.807) is 14.1 Å². The Hall–Kier alpha value is -1.25. The third-order valence-electron chi connectivity index (χ3n) is 3.29. The number of nitrogens with zero attached hydrogens (tertiary/aromatic N) is 1. The molecule has 0 aromatic heterocycles. The molecule has 3 N–H and O–H groups in total. The van der Waals surface area contributed by atoms with E-state index in [1.807, 2.05) is 18.7 Å². The predicted molar refractivity (Wildman–Crippen MR) is 73.7 cm³/mol. The van der Waals surface area contributed by atoms with Gasteiger partial charge in [-0.1, -0.05) is 0 Å². The molecular formula is C12H19F2N3O2S. The molecule has 0 aliphatic heterocycles. The highest BCUT2D eigenvalue weighted by Crippen LogP contribution is 2.23. The maximum atomic E-state index is 13.7. The second-order valence-corrected chi connectivity index (χ2v) is 7.04. The summed E-state index contributed by atoms with van der Waals surface area (Å²) in [5.74, 6) is -2.27. The first-order chi connectivity index (χ1) is 8.99. The molecule has 0 spiro atoms. The van der Waals surface area contributed by atoms with Gasteiger partial charge in [0.05, 0.1) is 0 Å². The molecule has 0 unspecified atom stereocenters. The van der Waals surface area contributed by atoms with Crippen molar-refractivity contribution in [2.24, 2.45) is 0 Å². The molecule has 0 radical (unpaired) electrons. The zero-order valence-corrected chi connectivity index (χ0v) is 12.7. The highest BCUT2D eigenvalue weighted by Gasteiger charge is 2.27. The molecule has 0 aliphatic rings. The fraction of sp³-hybridized carbons (Fsp3) is 0.500. The Kier molecular flexibility index (Phi) is 4.73. The minimum absolute atomic E-state index is 0.0685. The van der Waals surface area contributed by atoms with Crippen LogP contribution in [0, 0.1) is 11.6 Å². The molecule has 0 fully saturated rings. The van der Waals surface area contributed by atoms with Crippen molar-refractivity contribution >= 4 is 15.7 Å². The van der Waals surface area contributed by atoms with Crippen LogP contribution in [0.5, 0.6) is 0 Å². The summed E-state index contributed by atoms with van der Waals surface area (Å²) < 4.78 is 53.2. The van der Waals surface area contributed by atoms with Gasteiger partial charge in [0.25, 0.3) is 0 Å². The van der Waals surface area contributed by atoms with E-state index < -0.39 is 37.8 Å². The van der Waals surface area contributed by atoms with E-state index in [0.717, 1.165) is 12.1 Å². The van der Waals surface area contributed by atoms with Crippen molar-refractivity contribution in [2.75, 3.05) is 26.4 Å². The maximum absolute atomic E-state index is 13.7. The molecule has 0 heterocycles. The Morgan fingerprint density at radius 1 is 1.30 bits per heavy atom. The van der Waals surface area contributed by atoms with Crippen LogP contribution >= 0.6 is 0 Å². The van der Waals surface area contributed by atoms with Crippen LogP contribution in [0.2, 0.25) is 0 Å². The van der Waals surface area contributed by atoms with Gasteiger partial charge >= 0.3 is 0 Å². The van der Waals surface area contributed by atoms with Gasteiger partial charge in [-0.05, 0) is 40.1 Å². The molecule has 20 heavy (non-hydrogen) atoms. The molecule has 0 aliphatic carbocycles. The summed E-state index contributed by atoms with van der Waals surface area (Å²) in [5.41, 5.74) is 3.89. The van der Waals surface area contributed by atoms with Crippen LogP contribution in [0.1, 0.15) is 13.8 Å². The zero-order valence-electron chi connectivity index (χ0n) is 11.9. The standard InChI is InChI=1S/C12H19F2N3O2S/c1-12(2,17(3)4)7-16-20(18,19)9-6-5-8(13)11(15)10(9)14/h5-6,16H,7,15H2,1-4H3. The normalized spacial score (nSPS) is 12.9. The predicted octanol–water partition coefficient (Wildman–Crippen LogP) is 1.17. The summed E-state index contributed by atoms with van der Waals surface area (Å²) in [7, 11) is -0.502. The SMILES string of the molecule is CN(C)C(C)(C)CNS(=O)(=O)c1ccc(F)c(N)c1F. The lowest BCUT2D eigenvalue weighted by molar-refractivity contribution is 0.199. The molecule has 1 rings (SSSR count). The topological polar surface area (TPSA) is 75.4 Å². The van der Waals surface area contributed by atoms with Gasteiger partial charge in [-0.15, -0.1) is 0 Å². The fourth-order valence-electron chi connectivity index (χ4n) is 1.26. The number of benzene rings is 1. The van der Waals surface area contributed by atoms with E-state index in [1.165, 1.54) is 0 Å². The van der Waals surface area contributed by atoms with Gasteiger partial charge < -0.3 is 10.6 Å². The lowest BCUT2D eigenvalue weighted by Gasteiger charge is -2.32. The summed E-state index contributed by atoms with van der Waals surface area (Å²) in [5, 5.41) is 0. The van der Waals surface area contributed by atoms with Crippen molar-refractivity contribution in [3.8, 4) is 0 Å². The number of likely N-dealkylation sites (N-methyl/N-ethyl adjacent to an activating group) is 1. The van der Waals surface area contributed by atoms with Crippen LogP contribution in [0.15, 0.2) is 17.0 Å². The zero-order chi connectivity index (χ0) is 15.7. The quantitative estimate of drug-likeness (QED) is 0.801. The van der Waals surface area contributed by atoms with E-state index in [0.29, 0.717) is 0 Å². The first-order valence-corrected chi connectivity index (χ1v) is 7.38. The summed E-state index contributed by atoms with van der Waals surface area (Å²) in [6.07, 6.45) is 0. The van der Waals surface area contributed by atoms with Gasteiger partial charge in [-0.25, -0.2) is 21.9 Å². The second-order valence-electron chi connectivity index (χ2n) is 5.30. The van der Waals surface area contributed by atoms with Crippen LogP contribution in [-0.2, 0) is 10.0 Å². The van der Waals surface area contributed by atoms with E-state index in [2.05, 4.69) is 4.72 Å². The molecular weight excluding hydrogens is 288 g/mol. The van der Waals surface area contributed by atoms with Crippen molar-refractivity contribution in [1.82, 2.24) is 9.62 Å². The maximum Gasteiger partial charge on any atom is 0.243 e. The Labute approximate surface area is 117 Å². The highest BCUT2D eigenvalue weighted by atomic mass is 32.2. The van der Waals surface area contributed by atoms with Gasteiger partial charge in [-0.2, -0.15) is 0 Å². The summed E-state index contributed by atoms with van der Waals surface area (Å²) in [4.78, 5) is 1.16. The number of nitrogen functional groups attached to an aromatic ring is 1. The summed E-state index contributed by atoms with van der Waals surface area (Å²) >= 11 is 0. The molecule has 0 bridgehead atoms. The summed E-state index contributed by atoms with van der Waals surface area (Å²) in [6.45, 7) is 3.72. The van der Waals surface area contributed by atoms with Gasteiger partial charge in [0, 0.05) is 12.1 Å². The number of nitrogens with two attached hydrogens (primary N) is 1. The van der Waals surface area contributed by atoms with Crippen molar-refractivity contribution in [1.29, 1.82) is 0 Å². The number of nitrogens with one attached hydrogen (secondary N) is 1. The Morgan fingerprint density at radius 3 is 2.35 bits per heavy atom. The van der Waals surface area contributed by atoms with E-state index in [-0.39, 0.29) is 6.54 Å². The number of hydrogen-bond donors (Lipinski definition) is 2. The number of hydrogen-bond acceptors (Lipinski definition) is 4. The van der Waals surface area contributed by atoms with E-state index in [4.69, 9.17) is 5.73 Å². The van der Waals surface area contributed by atoms with E-state index >= 15 is 0 Å². The average Bonchev–Trinajstić information content (AvgIpc) is 2.33. The smallest absolute Gasteiger partial charge is 0.243 e. The minimum atomic E-state index is -4.10. The average molecular weight is 307 g/mol. The van der Waals surface area contributed by atoms with Gasteiger partial charge in [0.1, 0.15) is 16.4 Å². The molecule has 0 saturated heterocycles. The number of rotatable bonds is 5. The Balaban J connectivity index is 3.05. The van der Waals surface area contributed by atoms with E-state index in [9.17, 15) is 17.2 Å². The first-order valence-electron chi connectivity index (χ1n) is 5.89. The van der Waals surface area contributed by atoms with Crippen molar-refractivity contribution < 1.29 is 17.2 Å². The molecule has 1 aromatic carbocycles. The monoisotopic (exact) mass is 307 g/mol. The number of sulfonamides is 1. The largest absolute Gasteiger partial charge is 0.394 e. The minimum Gasteiger partial charge on any atom is -0.394 e. The van der Waals surface area contributed by atoms with Gasteiger partial charge in [-0.3, -0.25) is 0 Å². The molecule has 0 amide bonds. The summed E-state index contributed by atoms with van der Waals surface area (Å²) in [6, 6.07) is 1.68. The second kappa shape index (κ2) is 5.63. The molecule has 8 heteroatoms. The van der Waals surface area contributed by atoms with Gasteiger partial charge in [0.2, 0.25) is 10.0 Å². The fourth-order valence-corrected chi connectivity index (χ4v) is 2.56. The molecule has 5 nitrogen and oxygen atoms in total. The van der Waals surface area contributed by atoms with Gasteiger partial charge in [0.15, 0.2) is 5.82 Å². The lowest BCUT2D eigenvalue weighted by atomic mass is 10.1. The molecule has 1 aromatic rings. The lowest BCUT2D eigenvalue weighted by Crippen LogP contribution is -2.48. The van der Waals surface area contributed by atoms with Crippen LogP contribution in [-0.4, -0.2) is 39.5 Å². The first kappa shape index (κ1) is 16.8. The van der Waals surface area contributed by atoms with Crippen molar-refractivity contribution in [3.05, 3.63) is 23.8 Å². The third-order valence-corrected chi connectivity index (χ3v) is 4.70. The van der Waals surface area contributed by atoms with Crippen molar-refractivity contribution in [3.63, 3.8) is 0 Å². The highest BCUT2D eigenvalue weighted by molar-refractivity contribution is 7.89. The number of halogens is 2. The Bertz CT molecular complexity index is 601. The van der Waals surface area contributed by atoms with Crippen LogP contribution < -0.4 is 10.5 Å². The molecule has 114 valence electrons. The van der Waals surface area contributed by atoms with Crippen LogP contribution in [0.3, 0.4) is 0 Å². The van der Waals surface area contributed by atoms with Crippen LogP contribution in [0.25, 0.3) is 0 Å². The Morgan fingerprint density at radius 2 is 1.85 bits per heavy atom. The number of anilines is 1.